The van der Waals surface area contributed by atoms with Gasteiger partial charge >= 0.3 is 0 Å². The maximum Gasteiger partial charge on any atom is 0.248 e. The summed E-state index contributed by atoms with van der Waals surface area (Å²) in [4.78, 5) is 0. The number of nitriles is 1. The zero-order valence-corrected chi connectivity index (χ0v) is 18.1. The highest BCUT2D eigenvalue weighted by Gasteiger charge is 2.19. The third-order valence-corrected chi connectivity index (χ3v) is 5.11. The lowest BCUT2D eigenvalue weighted by Crippen LogP contribution is -1.98. The molecule has 0 amide bonds. The van der Waals surface area contributed by atoms with Gasteiger partial charge in [-0.2, -0.15) is 5.26 Å². The predicted octanol–water partition coefficient (Wildman–Crippen LogP) is 6.45. The molecule has 0 saturated carbocycles. The fourth-order valence-electron chi connectivity index (χ4n) is 3.09. The van der Waals surface area contributed by atoms with Crippen LogP contribution in [0.5, 0.6) is 17.2 Å². The molecule has 1 aromatic heterocycles. The molecule has 0 unspecified atom stereocenters. The fourth-order valence-corrected chi connectivity index (χ4v) is 3.50. The highest BCUT2D eigenvalue weighted by atomic mass is 35.5. The standard InChI is InChI=1S/C23H14Cl2FN3O3/c1-12-6-16(30)3-4-18(12)23-29-28-20(32-23)9-14-2-5-19(25)22(21(14)26)31-17-8-13(11-27)7-15(24)10-17/h2-8,10,30H,9H2,1H3. The van der Waals surface area contributed by atoms with Gasteiger partial charge in [0.2, 0.25) is 11.8 Å². The third-order valence-electron chi connectivity index (χ3n) is 4.60. The molecule has 0 aliphatic heterocycles. The molecule has 4 rings (SSSR count). The SMILES string of the molecule is Cc1cc(O)ccc1-c1nnc(Cc2ccc(Cl)c(Oc3cc(Cl)cc(C#N)c3)c2F)o1. The van der Waals surface area contributed by atoms with Crippen LogP contribution in [-0.4, -0.2) is 15.3 Å². The molecule has 4 aromatic rings. The Morgan fingerprint density at radius 2 is 1.94 bits per heavy atom. The van der Waals surface area contributed by atoms with E-state index in [9.17, 15) is 5.11 Å². The van der Waals surface area contributed by atoms with Gasteiger partial charge in [0, 0.05) is 16.1 Å². The van der Waals surface area contributed by atoms with E-state index >= 15 is 4.39 Å². The summed E-state index contributed by atoms with van der Waals surface area (Å²) >= 11 is 12.1. The maximum atomic E-state index is 15.2. The average molecular weight is 470 g/mol. The zero-order chi connectivity index (χ0) is 22.8. The van der Waals surface area contributed by atoms with Gasteiger partial charge in [-0.3, -0.25) is 0 Å². The zero-order valence-electron chi connectivity index (χ0n) is 16.6. The van der Waals surface area contributed by atoms with Crippen molar-refractivity contribution < 1.29 is 18.7 Å². The summed E-state index contributed by atoms with van der Waals surface area (Å²) in [5.41, 5.74) is 1.91. The van der Waals surface area contributed by atoms with Crippen LogP contribution in [0.1, 0.15) is 22.6 Å². The molecule has 0 fully saturated rings. The molecule has 0 atom stereocenters. The molecule has 0 radical (unpaired) electrons. The molecule has 9 heteroatoms. The van der Waals surface area contributed by atoms with Gasteiger partial charge in [0.1, 0.15) is 11.5 Å². The van der Waals surface area contributed by atoms with Crippen molar-refractivity contribution in [3.8, 4) is 34.8 Å². The van der Waals surface area contributed by atoms with Crippen LogP contribution in [-0.2, 0) is 6.42 Å². The van der Waals surface area contributed by atoms with Crippen molar-refractivity contribution in [3.05, 3.63) is 87.0 Å². The minimum Gasteiger partial charge on any atom is -0.508 e. The van der Waals surface area contributed by atoms with E-state index in [1.807, 2.05) is 6.07 Å². The Kier molecular flexibility index (Phi) is 5.99. The summed E-state index contributed by atoms with van der Waals surface area (Å²) in [6, 6.07) is 14.1. The van der Waals surface area contributed by atoms with Crippen LogP contribution in [0.25, 0.3) is 11.5 Å². The van der Waals surface area contributed by atoms with Crippen LogP contribution in [0.15, 0.2) is 52.9 Å². The number of benzene rings is 3. The molecule has 32 heavy (non-hydrogen) atoms. The number of aryl methyl sites for hydroxylation is 1. The minimum absolute atomic E-state index is 0.00247. The second kappa shape index (κ2) is 8.87. The summed E-state index contributed by atoms with van der Waals surface area (Å²) in [6.45, 7) is 1.80. The summed E-state index contributed by atoms with van der Waals surface area (Å²) < 4.78 is 26.5. The van der Waals surface area contributed by atoms with E-state index in [2.05, 4.69) is 10.2 Å². The number of aromatic hydroxyl groups is 1. The molecule has 0 bridgehead atoms. The third kappa shape index (κ3) is 4.52. The van der Waals surface area contributed by atoms with Gasteiger partial charge < -0.3 is 14.3 Å². The number of hydrogen-bond donors (Lipinski definition) is 1. The number of aromatic nitrogens is 2. The Morgan fingerprint density at radius 3 is 2.69 bits per heavy atom. The summed E-state index contributed by atoms with van der Waals surface area (Å²) in [5.74, 6) is -0.153. The second-order valence-electron chi connectivity index (χ2n) is 6.92. The molecule has 0 aliphatic rings. The van der Waals surface area contributed by atoms with E-state index < -0.39 is 5.82 Å². The van der Waals surface area contributed by atoms with Crippen LogP contribution in [0.2, 0.25) is 10.0 Å². The van der Waals surface area contributed by atoms with Gasteiger partial charge in [-0.25, -0.2) is 4.39 Å². The van der Waals surface area contributed by atoms with Gasteiger partial charge in [0.05, 0.1) is 23.1 Å². The van der Waals surface area contributed by atoms with Crippen molar-refractivity contribution in [1.29, 1.82) is 5.26 Å². The molecule has 1 heterocycles. The van der Waals surface area contributed by atoms with Gasteiger partial charge in [-0.1, -0.05) is 29.3 Å². The summed E-state index contributed by atoms with van der Waals surface area (Å²) in [6.07, 6.45) is 0.00247. The van der Waals surface area contributed by atoms with E-state index in [1.165, 1.54) is 36.4 Å². The lowest BCUT2D eigenvalue weighted by atomic mass is 10.1. The van der Waals surface area contributed by atoms with Crippen molar-refractivity contribution in [3.63, 3.8) is 0 Å². The van der Waals surface area contributed by atoms with Crippen molar-refractivity contribution in [2.24, 2.45) is 0 Å². The maximum absolute atomic E-state index is 15.2. The van der Waals surface area contributed by atoms with Crippen molar-refractivity contribution in [1.82, 2.24) is 10.2 Å². The minimum atomic E-state index is -0.698. The van der Waals surface area contributed by atoms with E-state index in [0.29, 0.717) is 5.56 Å². The second-order valence-corrected chi connectivity index (χ2v) is 7.76. The van der Waals surface area contributed by atoms with Gasteiger partial charge in [-0.15, -0.1) is 10.2 Å². The first-order valence-corrected chi connectivity index (χ1v) is 10.1. The van der Waals surface area contributed by atoms with Crippen LogP contribution in [0, 0.1) is 24.1 Å². The summed E-state index contributed by atoms with van der Waals surface area (Å²) in [7, 11) is 0. The number of phenols is 1. The molecule has 3 aromatic carbocycles. The van der Waals surface area contributed by atoms with Gasteiger partial charge in [0.15, 0.2) is 11.6 Å². The van der Waals surface area contributed by atoms with Crippen molar-refractivity contribution in [2.45, 2.75) is 13.3 Å². The first-order valence-electron chi connectivity index (χ1n) is 9.32. The quantitative estimate of drug-likeness (QED) is 0.360. The molecule has 6 nitrogen and oxygen atoms in total. The fraction of sp³-hybridized carbons (Fsp3) is 0.0870. The van der Waals surface area contributed by atoms with E-state index in [-0.39, 0.29) is 56.6 Å². The molecule has 160 valence electrons. The number of nitrogens with zero attached hydrogens (tertiary/aromatic N) is 3. The normalized spacial score (nSPS) is 10.7. The van der Waals surface area contributed by atoms with Crippen LogP contribution in [0.4, 0.5) is 4.39 Å². The predicted molar refractivity (Wildman–Crippen MR) is 117 cm³/mol. The van der Waals surface area contributed by atoms with E-state index in [1.54, 1.807) is 19.1 Å². The average Bonchev–Trinajstić information content (AvgIpc) is 3.21. The Labute approximate surface area is 192 Å². The first kappa shape index (κ1) is 21.6. The van der Waals surface area contributed by atoms with Crippen LogP contribution in [0.3, 0.4) is 0 Å². The van der Waals surface area contributed by atoms with Crippen molar-refractivity contribution in [2.75, 3.05) is 0 Å². The van der Waals surface area contributed by atoms with E-state index in [0.717, 1.165) is 5.56 Å². The molecular formula is C23H14Cl2FN3O3. The number of ether oxygens (including phenoxy) is 1. The molecular weight excluding hydrogens is 456 g/mol. The van der Waals surface area contributed by atoms with E-state index in [4.69, 9.17) is 37.6 Å². The first-order chi connectivity index (χ1) is 15.3. The Bertz CT molecular complexity index is 1370. The number of rotatable bonds is 5. The Hall–Kier alpha value is -3.60. The summed E-state index contributed by atoms with van der Waals surface area (Å²) in [5, 5.41) is 27.0. The molecule has 0 saturated heterocycles. The van der Waals surface area contributed by atoms with Crippen LogP contribution < -0.4 is 4.74 Å². The molecule has 0 spiro atoms. The monoisotopic (exact) mass is 469 g/mol. The Balaban J connectivity index is 1.62. The van der Waals surface area contributed by atoms with Crippen LogP contribution >= 0.6 is 23.2 Å². The number of hydrogen-bond acceptors (Lipinski definition) is 6. The lowest BCUT2D eigenvalue weighted by molar-refractivity contribution is 0.437. The number of phenolic OH excluding ortho intramolecular Hbond substituents is 1. The smallest absolute Gasteiger partial charge is 0.248 e. The topological polar surface area (TPSA) is 92.2 Å². The molecule has 0 aliphatic carbocycles. The highest BCUT2D eigenvalue weighted by molar-refractivity contribution is 6.32. The number of halogens is 3. The highest BCUT2D eigenvalue weighted by Crippen LogP contribution is 2.36. The Morgan fingerprint density at radius 1 is 1.12 bits per heavy atom. The molecule has 1 N–H and O–H groups in total. The van der Waals surface area contributed by atoms with Gasteiger partial charge in [0.25, 0.3) is 0 Å². The largest absolute Gasteiger partial charge is 0.508 e. The van der Waals surface area contributed by atoms with Crippen molar-refractivity contribution >= 4 is 23.2 Å². The van der Waals surface area contributed by atoms with Gasteiger partial charge in [-0.05, 0) is 55.0 Å². The lowest BCUT2D eigenvalue weighted by Gasteiger charge is -2.12.